The minimum Gasteiger partial charge on any atom is -0.373 e. The smallest absolute Gasteiger partial charge is 0.230 e. The Bertz CT molecular complexity index is 1190. The molecular formula is C25H27N7O2S. The Kier molecular flexibility index (Phi) is 8.79. The van der Waals surface area contributed by atoms with Crippen molar-refractivity contribution in [3.63, 3.8) is 0 Å². The van der Waals surface area contributed by atoms with Crippen LogP contribution in [0.4, 0.5) is 10.9 Å². The Morgan fingerprint density at radius 3 is 2.49 bits per heavy atom. The third-order valence-electron chi connectivity index (χ3n) is 5.16. The van der Waals surface area contributed by atoms with Crippen molar-refractivity contribution in [2.75, 3.05) is 10.6 Å². The van der Waals surface area contributed by atoms with E-state index in [0.717, 1.165) is 47.6 Å². The Hall–Kier alpha value is -3.76. The average molecular weight is 490 g/mol. The monoisotopic (exact) mass is 489 g/mol. The molecule has 35 heavy (non-hydrogen) atoms. The lowest BCUT2D eigenvalue weighted by Crippen LogP contribution is -2.22. The predicted octanol–water partition coefficient (Wildman–Crippen LogP) is 3.44. The molecule has 3 N–H and O–H groups in total. The number of aromatic nitrogens is 5. The number of nitrogens with one attached hydrogen (secondary N) is 2. The van der Waals surface area contributed by atoms with E-state index in [9.17, 15) is 9.90 Å². The standard InChI is InChI=1S/C25H27N7O2S/c33-22(16-18-8-2-1-3-9-18)28-25-32-31-24(35-25)12-5-4-10-19-13-14-21(30-29-19)27-23(34)17-20-11-6-7-15-26-20/h1-3,6-9,11,13-15,23,34H,4-5,10,12,16-17H2,(H,27,30)(H,28,32,33). The largest absolute Gasteiger partial charge is 0.373 e. The van der Waals surface area contributed by atoms with Crippen LogP contribution in [0.5, 0.6) is 0 Å². The lowest BCUT2D eigenvalue weighted by Gasteiger charge is -2.12. The van der Waals surface area contributed by atoms with Gasteiger partial charge in [-0.05, 0) is 49.1 Å². The van der Waals surface area contributed by atoms with Gasteiger partial charge in [0.15, 0.2) is 5.82 Å². The molecule has 9 nitrogen and oxygen atoms in total. The molecule has 0 radical (unpaired) electrons. The second kappa shape index (κ2) is 12.6. The van der Waals surface area contributed by atoms with Crippen LogP contribution in [0.3, 0.4) is 0 Å². The van der Waals surface area contributed by atoms with Crippen LogP contribution >= 0.6 is 11.3 Å². The summed E-state index contributed by atoms with van der Waals surface area (Å²) in [7, 11) is 0. The van der Waals surface area contributed by atoms with Gasteiger partial charge in [0.25, 0.3) is 0 Å². The van der Waals surface area contributed by atoms with Crippen molar-refractivity contribution in [3.05, 3.63) is 88.8 Å². The first-order valence-electron chi connectivity index (χ1n) is 11.5. The van der Waals surface area contributed by atoms with Crippen molar-refractivity contribution in [2.24, 2.45) is 0 Å². The highest BCUT2D eigenvalue weighted by atomic mass is 32.1. The molecule has 0 saturated heterocycles. The number of carbonyl (C=O) groups is 1. The van der Waals surface area contributed by atoms with Crippen LogP contribution in [0.15, 0.2) is 66.9 Å². The Morgan fingerprint density at radius 1 is 0.886 bits per heavy atom. The zero-order chi connectivity index (χ0) is 24.3. The van der Waals surface area contributed by atoms with E-state index in [1.54, 1.807) is 6.20 Å². The number of aliphatic hydroxyl groups is 1. The zero-order valence-corrected chi connectivity index (χ0v) is 20.0. The predicted molar refractivity (Wildman–Crippen MR) is 135 cm³/mol. The average Bonchev–Trinajstić information content (AvgIpc) is 3.31. The van der Waals surface area contributed by atoms with Gasteiger partial charge in [-0.1, -0.05) is 47.7 Å². The van der Waals surface area contributed by atoms with E-state index in [0.29, 0.717) is 23.8 Å². The summed E-state index contributed by atoms with van der Waals surface area (Å²) < 4.78 is 0. The summed E-state index contributed by atoms with van der Waals surface area (Å²) in [5, 5.41) is 34.0. The van der Waals surface area contributed by atoms with Crippen molar-refractivity contribution in [1.29, 1.82) is 0 Å². The van der Waals surface area contributed by atoms with Gasteiger partial charge in [-0.2, -0.15) is 5.10 Å². The molecule has 1 amide bonds. The van der Waals surface area contributed by atoms with E-state index in [4.69, 9.17) is 0 Å². The molecule has 3 aromatic heterocycles. The molecule has 0 aliphatic heterocycles. The van der Waals surface area contributed by atoms with Gasteiger partial charge in [0, 0.05) is 24.7 Å². The van der Waals surface area contributed by atoms with Crippen molar-refractivity contribution < 1.29 is 9.90 Å². The molecule has 4 aromatic rings. The number of anilines is 2. The van der Waals surface area contributed by atoms with Gasteiger partial charge in [0.05, 0.1) is 12.1 Å². The SMILES string of the molecule is O=C(Cc1ccccc1)Nc1nnc(CCCCc2ccc(NC(O)Cc3ccccn3)nn2)s1. The first kappa shape index (κ1) is 24.4. The van der Waals surface area contributed by atoms with E-state index in [1.165, 1.54) is 11.3 Å². The molecule has 1 atom stereocenters. The van der Waals surface area contributed by atoms with Gasteiger partial charge < -0.3 is 15.7 Å². The Morgan fingerprint density at radius 2 is 1.71 bits per heavy atom. The molecule has 1 unspecified atom stereocenters. The molecule has 0 fully saturated rings. The van der Waals surface area contributed by atoms with Gasteiger partial charge >= 0.3 is 0 Å². The number of pyridine rings is 1. The number of unbranched alkanes of at least 4 members (excludes halogenated alkanes) is 1. The van der Waals surface area contributed by atoms with Crippen molar-refractivity contribution >= 4 is 28.2 Å². The summed E-state index contributed by atoms with van der Waals surface area (Å²) in [4.78, 5) is 16.4. The maximum absolute atomic E-state index is 12.2. The molecule has 0 aliphatic rings. The summed E-state index contributed by atoms with van der Waals surface area (Å²) in [6, 6.07) is 18.9. The molecule has 180 valence electrons. The first-order chi connectivity index (χ1) is 17.1. The number of benzene rings is 1. The Balaban J connectivity index is 1.14. The number of rotatable bonds is 12. The molecule has 3 heterocycles. The number of hydrogen-bond acceptors (Lipinski definition) is 9. The Labute approximate surface area is 207 Å². The van der Waals surface area contributed by atoms with Crippen LogP contribution in [-0.4, -0.2) is 42.6 Å². The molecule has 0 bridgehead atoms. The van der Waals surface area contributed by atoms with Gasteiger partial charge in [-0.15, -0.1) is 15.3 Å². The summed E-state index contributed by atoms with van der Waals surface area (Å²) in [5.74, 6) is 0.424. The summed E-state index contributed by atoms with van der Waals surface area (Å²) in [6.45, 7) is 0. The maximum atomic E-state index is 12.2. The molecule has 1 aromatic carbocycles. The minimum atomic E-state index is -0.787. The molecule has 10 heteroatoms. The molecule has 0 saturated carbocycles. The van der Waals surface area contributed by atoms with Crippen molar-refractivity contribution in [1.82, 2.24) is 25.4 Å². The summed E-state index contributed by atoms with van der Waals surface area (Å²) >= 11 is 1.41. The molecule has 0 spiro atoms. The van der Waals surface area contributed by atoms with E-state index in [-0.39, 0.29) is 5.91 Å². The normalized spacial score (nSPS) is 11.7. The highest BCUT2D eigenvalue weighted by Gasteiger charge is 2.10. The topological polar surface area (TPSA) is 126 Å². The second-order valence-corrected chi connectivity index (χ2v) is 9.08. The van der Waals surface area contributed by atoms with E-state index >= 15 is 0 Å². The first-order valence-corrected chi connectivity index (χ1v) is 12.3. The molecule has 0 aliphatic carbocycles. The summed E-state index contributed by atoms with van der Waals surface area (Å²) in [6.07, 6.45) is 5.05. The maximum Gasteiger partial charge on any atom is 0.230 e. The fourth-order valence-electron chi connectivity index (χ4n) is 3.44. The summed E-state index contributed by atoms with van der Waals surface area (Å²) in [5.41, 5.74) is 2.65. The fourth-order valence-corrected chi connectivity index (χ4v) is 4.24. The number of hydrogen-bond donors (Lipinski definition) is 3. The molecular weight excluding hydrogens is 462 g/mol. The van der Waals surface area contributed by atoms with Crippen LogP contribution in [0.25, 0.3) is 0 Å². The van der Waals surface area contributed by atoms with Crippen molar-refractivity contribution in [3.8, 4) is 0 Å². The fraction of sp³-hybridized carbons (Fsp3) is 0.280. The van der Waals surface area contributed by atoms with Crippen LogP contribution in [0, 0.1) is 0 Å². The minimum absolute atomic E-state index is 0.0975. The third-order valence-corrected chi connectivity index (χ3v) is 6.06. The van der Waals surface area contributed by atoms with Gasteiger partial charge in [0.1, 0.15) is 11.2 Å². The van der Waals surface area contributed by atoms with Crippen LogP contribution < -0.4 is 10.6 Å². The zero-order valence-electron chi connectivity index (χ0n) is 19.2. The quantitative estimate of drug-likeness (QED) is 0.204. The van der Waals surface area contributed by atoms with Crippen LogP contribution in [-0.2, 0) is 30.5 Å². The van der Waals surface area contributed by atoms with E-state index < -0.39 is 6.23 Å². The van der Waals surface area contributed by atoms with Crippen molar-refractivity contribution in [2.45, 2.75) is 44.8 Å². The van der Waals surface area contributed by atoms with E-state index in [2.05, 4.69) is 36.0 Å². The second-order valence-electron chi connectivity index (χ2n) is 8.01. The number of carbonyl (C=O) groups excluding carboxylic acids is 1. The van der Waals surface area contributed by atoms with Gasteiger partial charge in [-0.25, -0.2) is 0 Å². The lowest BCUT2D eigenvalue weighted by molar-refractivity contribution is -0.115. The van der Waals surface area contributed by atoms with Crippen LogP contribution in [0.1, 0.15) is 34.8 Å². The third kappa shape index (κ3) is 8.20. The highest BCUT2D eigenvalue weighted by Crippen LogP contribution is 2.18. The number of amides is 1. The number of aryl methyl sites for hydroxylation is 2. The van der Waals surface area contributed by atoms with Crippen LogP contribution in [0.2, 0.25) is 0 Å². The lowest BCUT2D eigenvalue weighted by atomic mass is 10.1. The van der Waals surface area contributed by atoms with E-state index in [1.807, 2.05) is 60.7 Å². The number of nitrogens with zero attached hydrogens (tertiary/aromatic N) is 5. The number of aliphatic hydroxyl groups excluding tert-OH is 1. The van der Waals surface area contributed by atoms with Gasteiger partial charge in [-0.3, -0.25) is 9.78 Å². The highest BCUT2D eigenvalue weighted by molar-refractivity contribution is 7.15. The molecule has 4 rings (SSSR count). The van der Waals surface area contributed by atoms with Gasteiger partial charge in [0.2, 0.25) is 11.0 Å².